The lowest BCUT2D eigenvalue weighted by atomic mass is 9.90. The van der Waals surface area contributed by atoms with E-state index in [1.807, 2.05) is 30.3 Å². The quantitative estimate of drug-likeness (QED) is 0.161. The van der Waals surface area contributed by atoms with E-state index in [2.05, 4.69) is 198 Å². The topological polar surface area (TPSA) is 48.5 Å². The van der Waals surface area contributed by atoms with Crippen LogP contribution in [0.2, 0.25) is 0 Å². The van der Waals surface area contributed by atoms with Gasteiger partial charge in [0, 0.05) is 33.0 Å². The van der Waals surface area contributed by atoms with Gasteiger partial charge in [0.05, 0.1) is 22.2 Å². The first-order valence-electron chi connectivity index (χ1n) is 21.5. The summed E-state index contributed by atoms with van der Waals surface area (Å²) >= 11 is 0. The van der Waals surface area contributed by atoms with Crippen LogP contribution in [0.25, 0.3) is 107 Å². The van der Waals surface area contributed by atoms with Gasteiger partial charge in [0.25, 0.3) is 0 Å². The fourth-order valence-corrected chi connectivity index (χ4v) is 9.51. The van der Waals surface area contributed by atoms with Crippen molar-refractivity contribution in [1.82, 2.24) is 24.1 Å². The van der Waals surface area contributed by atoms with Gasteiger partial charge in [-0.05, 0) is 99.8 Å². The Labute approximate surface area is 366 Å². The van der Waals surface area contributed by atoms with Gasteiger partial charge in [-0.25, -0.2) is 4.98 Å². The third-order valence-corrected chi connectivity index (χ3v) is 12.5. The molecule has 12 rings (SSSR count). The molecule has 0 aliphatic heterocycles. The van der Waals surface area contributed by atoms with Crippen LogP contribution in [0.15, 0.2) is 194 Å². The number of fused-ring (bicyclic) bond motifs is 7. The Kier molecular flexibility index (Phi) is 8.69. The molecule has 3 aromatic heterocycles. The van der Waals surface area contributed by atoms with E-state index in [9.17, 15) is 0 Å². The van der Waals surface area contributed by atoms with Gasteiger partial charge in [-0.2, -0.15) is 9.97 Å². The molecule has 296 valence electrons. The Bertz CT molecular complexity index is 3530. The number of hydrogen-bond acceptors (Lipinski definition) is 3. The molecule has 0 amide bonds. The van der Waals surface area contributed by atoms with E-state index in [0.717, 1.165) is 67.7 Å². The maximum absolute atomic E-state index is 5.45. The average Bonchev–Trinajstić information content (AvgIpc) is 3.89. The van der Waals surface area contributed by atoms with E-state index in [1.165, 1.54) is 32.8 Å². The Balaban J connectivity index is 1.11. The highest BCUT2D eigenvalue weighted by molar-refractivity contribution is 6.19. The number of para-hydroxylation sites is 1. The zero-order valence-corrected chi connectivity index (χ0v) is 34.6. The number of allylic oxidation sites excluding steroid dienone is 1. The molecule has 1 aliphatic carbocycles. The van der Waals surface area contributed by atoms with E-state index in [0.29, 0.717) is 23.5 Å². The Morgan fingerprint density at radius 3 is 1.87 bits per heavy atom. The summed E-state index contributed by atoms with van der Waals surface area (Å²) in [7, 11) is 0. The van der Waals surface area contributed by atoms with Gasteiger partial charge >= 0.3 is 0 Å². The number of rotatable bonds is 7. The third kappa shape index (κ3) is 6.23. The van der Waals surface area contributed by atoms with Crippen molar-refractivity contribution < 1.29 is 0 Å². The third-order valence-electron chi connectivity index (χ3n) is 12.5. The van der Waals surface area contributed by atoms with E-state index in [4.69, 9.17) is 15.0 Å². The normalized spacial score (nSPS) is 13.4. The van der Waals surface area contributed by atoms with Crippen molar-refractivity contribution in [1.29, 1.82) is 0 Å². The predicted molar refractivity (Wildman–Crippen MR) is 258 cm³/mol. The average molecular weight is 806 g/mol. The molecule has 0 radical (unpaired) electrons. The van der Waals surface area contributed by atoms with Gasteiger partial charge in [0.15, 0.2) is 11.6 Å². The van der Waals surface area contributed by atoms with Crippen LogP contribution in [0, 0.1) is 12.1 Å². The van der Waals surface area contributed by atoms with Crippen LogP contribution in [0.5, 0.6) is 0 Å². The van der Waals surface area contributed by atoms with Gasteiger partial charge in [-0.15, -0.1) is 0 Å². The first-order chi connectivity index (χ1) is 31.2. The molecule has 0 spiro atoms. The van der Waals surface area contributed by atoms with E-state index >= 15 is 0 Å². The van der Waals surface area contributed by atoms with Crippen molar-refractivity contribution in [2.24, 2.45) is 0 Å². The molecule has 0 fully saturated rings. The smallest absolute Gasteiger partial charge is 0.238 e. The number of benzene rings is 7. The SMILES string of the molecule is CC1CC=Cc2c1c1ccc3c4ccccc4n(-c4cccc(-c5cc#ccc5)c4)c3c1n2-c1nc(-c2ccccc2)nc(-c2cccc(-c3ccc(-c4ccccc4)cc3)c2)n1. The van der Waals surface area contributed by atoms with Crippen molar-refractivity contribution >= 4 is 38.8 Å². The summed E-state index contributed by atoms with van der Waals surface area (Å²) in [6.07, 6.45) is 5.51. The molecule has 0 bridgehead atoms. The second kappa shape index (κ2) is 15.0. The molecule has 0 saturated heterocycles. The highest BCUT2D eigenvalue weighted by Gasteiger charge is 2.29. The van der Waals surface area contributed by atoms with Crippen LogP contribution in [-0.2, 0) is 0 Å². The maximum atomic E-state index is 5.45. The van der Waals surface area contributed by atoms with Crippen molar-refractivity contribution in [3.05, 3.63) is 218 Å². The molecule has 63 heavy (non-hydrogen) atoms. The molecule has 1 atom stereocenters. The molecule has 8 aromatic carbocycles. The maximum Gasteiger partial charge on any atom is 0.238 e. The highest BCUT2D eigenvalue weighted by atomic mass is 15.2. The lowest BCUT2D eigenvalue weighted by molar-refractivity contribution is 0.769. The van der Waals surface area contributed by atoms with Crippen LogP contribution >= 0.6 is 0 Å². The summed E-state index contributed by atoms with van der Waals surface area (Å²) in [5.41, 5.74) is 15.5. The molecular weight excluding hydrogens is 767 g/mol. The summed E-state index contributed by atoms with van der Waals surface area (Å²) in [6, 6.07) is 72.4. The summed E-state index contributed by atoms with van der Waals surface area (Å²) in [4.78, 5) is 16.1. The van der Waals surface area contributed by atoms with Crippen molar-refractivity contribution in [2.75, 3.05) is 0 Å². The van der Waals surface area contributed by atoms with Crippen LogP contribution in [0.3, 0.4) is 0 Å². The van der Waals surface area contributed by atoms with Crippen LogP contribution in [0.4, 0.5) is 0 Å². The molecule has 3 heterocycles. The highest BCUT2D eigenvalue weighted by Crippen LogP contribution is 2.45. The van der Waals surface area contributed by atoms with Crippen LogP contribution in [0.1, 0.15) is 30.5 Å². The van der Waals surface area contributed by atoms with Gasteiger partial charge in [0.1, 0.15) is 0 Å². The van der Waals surface area contributed by atoms with Gasteiger partial charge in [0.2, 0.25) is 5.95 Å². The molecule has 1 unspecified atom stereocenters. The molecule has 1 aliphatic rings. The first-order valence-corrected chi connectivity index (χ1v) is 21.5. The minimum Gasteiger partial charge on any atom is -0.307 e. The summed E-state index contributed by atoms with van der Waals surface area (Å²) in [5, 5.41) is 3.56. The van der Waals surface area contributed by atoms with E-state index < -0.39 is 0 Å². The standard InChI is InChI=1S/C58H39N5/c1-38-16-13-29-52-53(38)50-35-34-49-48-27-11-12-28-51(48)62(47-26-15-24-45(37-47)40-19-7-3-8-20-40)54(49)55(50)63(52)58-60-56(43-21-9-4-10-22-43)59-57(61-58)46-25-14-23-44(36-46)42-32-30-41(31-33-42)39-17-5-2-6-18-39/h2,4-7,9-15,17-38H,16H2,1H3. The summed E-state index contributed by atoms with van der Waals surface area (Å²) in [5.74, 6) is 2.10. The molecule has 0 saturated carbocycles. The zero-order valence-electron chi connectivity index (χ0n) is 34.6. The lowest BCUT2D eigenvalue weighted by Gasteiger charge is -2.17. The van der Waals surface area contributed by atoms with Crippen molar-refractivity contribution in [3.8, 4) is 67.8 Å². The van der Waals surface area contributed by atoms with Gasteiger partial charge in [-0.1, -0.05) is 171 Å². The number of nitrogens with zero attached hydrogens (tertiary/aromatic N) is 5. The first kappa shape index (κ1) is 36.5. The summed E-state index contributed by atoms with van der Waals surface area (Å²) in [6.45, 7) is 2.33. The van der Waals surface area contributed by atoms with Crippen molar-refractivity contribution in [3.63, 3.8) is 0 Å². The minimum absolute atomic E-state index is 0.290. The largest absolute Gasteiger partial charge is 0.307 e. The Hall–Kier alpha value is -8.33. The van der Waals surface area contributed by atoms with E-state index in [-0.39, 0.29) is 0 Å². The van der Waals surface area contributed by atoms with Crippen LogP contribution < -0.4 is 0 Å². The predicted octanol–water partition coefficient (Wildman–Crippen LogP) is 14.4. The second-order valence-electron chi connectivity index (χ2n) is 16.3. The fraction of sp³-hybridized carbons (Fsp3) is 0.0517. The second-order valence-corrected chi connectivity index (χ2v) is 16.3. The molecule has 5 heteroatoms. The van der Waals surface area contributed by atoms with Crippen LogP contribution in [-0.4, -0.2) is 24.1 Å². The molecular formula is C58H39N5. The summed E-state index contributed by atoms with van der Waals surface area (Å²) < 4.78 is 4.74. The minimum atomic E-state index is 0.290. The monoisotopic (exact) mass is 805 g/mol. The lowest BCUT2D eigenvalue weighted by Crippen LogP contribution is -2.10. The van der Waals surface area contributed by atoms with Gasteiger partial charge in [-0.3, -0.25) is 4.57 Å². The van der Waals surface area contributed by atoms with Crippen molar-refractivity contribution in [2.45, 2.75) is 19.3 Å². The van der Waals surface area contributed by atoms with Gasteiger partial charge < -0.3 is 4.57 Å². The fourth-order valence-electron chi connectivity index (χ4n) is 9.51. The zero-order chi connectivity index (χ0) is 41.9. The molecule has 5 nitrogen and oxygen atoms in total. The Morgan fingerprint density at radius 1 is 0.476 bits per heavy atom. The van der Waals surface area contributed by atoms with E-state index in [1.54, 1.807) is 0 Å². The molecule has 11 aromatic rings. The Morgan fingerprint density at radius 2 is 1.10 bits per heavy atom. The number of hydrogen-bond donors (Lipinski definition) is 0. The molecule has 0 N–H and O–H groups in total. The number of aromatic nitrogens is 5.